The Bertz CT molecular complexity index is 1300. The number of nitrogens with one attached hydrogen (secondary N) is 2. The number of halogens is 3. The van der Waals surface area contributed by atoms with Gasteiger partial charge in [-0.2, -0.15) is 0 Å². The van der Waals surface area contributed by atoms with Crippen LogP contribution in [0.3, 0.4) is 0 Å². The molecule has 0 aliphatic carbocycles. The molecular weight excluding hydrogens is 597 g/mol. The number of amides is 2. The van der Waals surface area contributed by atoms with Crippen molar-refractivity contribution in [3.63, 3.8) is 0 Å². The molecule has 0 bridgehead atoms. The van der Waals surface area contributed by atoms with Gasteiger partial charge in [0.2, 0.25) is 5.91 Å². The third-order valence-electron chi connectivity index (χ3n) is 5.89. The summed E-state index contributed by atoms with van der Waals surface area (Å²) in [6, 6.07) is 8.19. The minimum atomic E-state index is -0.386. The van der Waals surface area contributed by atoms with Crippen molar-refractivity contribution in [2.24, 2.45) is 5.92 Å². The van der Waals surface area contributed by atoms with E-state index in [4.69, 9.17) is 23.2 Å². The molecule has 0 unspecified atom stereocenters. The Labute approximate surface area is 240 Å². The number of anilines is 1. The quantitative estimate of drug-likeness (QED) is 0.232. The monoisotopic (exact) mass is 625 g/mol. The number of carbonyl (C=O) groups excluding carboxylic acids is 2. The lowest BCUT2D eigenvalue weighted by Crippen LogP contribution is -2.32. The maximum Gasteiger partial charge on any atom is 0.253 e. The SMILES string of the molecule is CCn1c(SCC(=O)Nc2ccc(Br)c(C)c2C)nnc1[C@@H](CC(C)C)NC(=O)c1ccc(Cl)cc1Cl. The largest absolute Gasteiger partial charge is 0.342 e. The van der Waals surface area contributed by atoms with Crippen molar-refractivity contribution < 1.29 is 9.59 Å². The maximum atomic E-state index is 13.1. The van der Waals surface area contributed by atoms with Crippen LogP contribution < -0.4 is 10.6 Å². The van der Waals surface area contributed by atoms with Gasteiger partial charge in [0.25, 0.3) is 5.91 Å². The van der Waals surface area contributed by atoms with Crippen molar-refractivity contribution in [3.8, 4) is 0 Å². The molecule has 0 saturated carbocycles. The Hall–Kier alpha value is -2.07. The number of hydrogen-bond donors (Lipinski definition) is 2. The van der Waals surface area contributed by atoms with Crippen LogP contribution in [0, 0.1) is 19.8 Å². The number of rotatable bonds is 10. The average Bonchev–Trinajstić information content (AvgIpc) is 3.25. The second kappa shape index (κ2) is 13.1. The van der Waals surface area contributed by atoms with E-state index in [1.165, 1.54) is 11.8 Å². The molecule has 1 atom stereocenters. The first-order chi connectivity index (χ1) is 17.5. The van der Waals surface area contributed by atoms with Crippen LogP contribution in [-0.2, 0) is 11.3 Å². The molecule has 0 fully saturated rings. The summed E-state index contributed by atoms with van der Waals surface area (Å²) in [6.45, 7) is 10.7. The van der Waals surface area contributed by atoms with Crippen molar-refractivity contribution >= 4 is 68.4 Å². The molecule has 1 aromatic heterocycles. The van der Waals surface area contributed by atoms with E-state index in [1.807, 2.05) is 37.5 Å². The van der Waals surface area contributed by atoms with E-state index in [2.05, 4.69) is 50.6 Å². The van der Waals surface area contributed by atoms with Gasteiger partial charge in [0.15, 0.2) is 11.0 Å². The summed E-state index contributed by atoms with van der Waals surface area (Å²) < 4.78 is 2.94. The second-order valence-electron chi connectivity index (χ2n) is 9.05. The van der Waals surface area contributed by atoms with E-state index in [9.17, 15) is 9.59 Å². The van der Waals surface area contributed by atoms with Crippen LogP contribution >= 0.6 is 50.9 Å². The zero-order valence-corrected chi connectivity index (χ0v) is 25.3. The van der Waals surface area contributed by atoms with Gasteiger partial charge in [-0.25, -0.2) is 0 Å². The van der Waals surface area contributed by atoms with Crippen LogP contribution in [0.2, 0.25) is 10.0 Å². The molecule has 0 radical (unpaired) electrons. The third-order valence-corrected chi connectivity index (χ3v) is 8.26. The standard InChI is InChI=1S/C26H30BrCl2N5O2S/c1-6-34-24(22(11-14(2)3)31-25(36)18-8-7-17(28)12-20(18)29)32-33-26(34)37-13-23(35)30-21-10-9-19(27)15(4)16(21)5/h7-10,12,14,22H,6,11,13H2,1-5H3,(H,30,35)(H,31,36)/t22-/m1/s1. The molecule has 0 aliphatic rings. The number of nitrogens with zero attached hydrogens (tertiary/aromatic N) is 3. The van der Waals surface area contributed by atoms with Crippen LogP contribution in [0.5, 0.6) is 0 Å². The van der Waals surface area contributed by atoms with Gasteiger partial charge in [-0.15, -0.1) is 10.2 Å². The number of thioether (sulfide) groups is 1. The first kappa shape index (κ1) is 29.5. The molecule has 2 aromatic carbocycles. The van der Waals surface area contributed by atoms with Crippen molar-refractivity contribution in [2.75, 3.05) is 11.1 Å². The van der Waals surface area contributed by atoms with E-state index in [0.29, 0.717) is 34.5 Å². The molecule has 7 nitrogen and oxygen atoms in total. The van der Waals surface area contributed by atoms with E-state index in [-0.39, 0.29) is 34.5 Å². The van der Waals surface area contributed by atoms with E-state index >= 15 is 0 Å². The van der Waals surface area contributed by atoms with Gasteiger partial charge in [0.05, 0.1) is 22.4 Å². The lowest BCUT2D eigenvalue weighted by Gasteiger charge is -2.21. The zero-order chi connectivity index (χ0) is 27.3. The lowest BCUT2D eigenvalue weighted by atomic mass is 10.0. The fraction of sp³-hybridized carbons (Fsp3) is 0.385. The molecule has 0 aliphatic heterocycles. The Balaban J connectivity index is 1.76. The predicted molar refractivity (Wildman–Crippen MR) is 155 cm³/mol. The molecule has 3 rings (SSSR count). The molecule has 3 aromatic rings. The van der Waals surface area contributed by atoms with Gasteiger partial charge in [-0.05, 0) is 74.6 Å². The van der Waals surface area contributed by atoms with Crippen molar-refractivity contribution in [1.29, 1.82) is 0 Å². The normalized spacial score (nSPS) is 12.0. The minimum Gasteiger partial charge on any atom is -0.342 e. The molecular formula is C26H30BrCl2N5O2S. The van der Waals surface area contributed by atoms with Crippen LogP contribution in [0.1, 0.15) is 60.5 Å². The summed E-state index contributed by atoms with van der Waals surface area (Å²) in [5.74, 6) is 0.649. The number of aromatic nitrogens is 3. The molecule has 2 N–H and O–H groups in total. The van der Waals surface area contributed by atoms with E-state index < -0.39 is 0 Å². The Morgan fingerprint density at radius 2 is 1.84 bits per heavy atom. The Kier molecular flexibility index (Phi) is 10.5. The highest BCUT2D eigenvalue weighted by atomic mass is 79.9. The van der Waals surface area contributed by atoms with Gasteiger partial charge < -0.3 is 15.2 Å². The highest BCUT2D eigenvalue weighted by molar-refractivity contribution is 9.10. The highest BCUT2D eigenvalue weighted by Gasteiger charge is 2.25. The second-order valence-corrected chi connectivity index (χ2v) is 11.7. The van der Waals surface area contributed by atoms with Crippen molar-refractivity contribution in [3.05, 3.63) is 67.4 Å². The molecule has 0 spiro atoms. The van der Waals surface area contributed by atoms with Crippen molar-refractivity contribution in [2.45, 2.75) is 58.8 Å². The summed E-state index contributed by atoms with van der Waals surface area (Å²) in [4.78, 5) is 25.8. The minimum absolute atomic E-state index is 0.133. The number of benzene rings is 2. The summed E-state index contributed by atoms with van der Waals surface area (Å²) >= 11 is 17.1. The average molecular weight is 627 g/mol. The molecule has 198 valence electrons. The van der Waals surface area contributed by atoms with Crippen LogP contribution in [0.4, 0.5) is 5.69 Å². The lowest BCUT2D eigenvalue weighted by molar-refractivity contribution is -0.113. The van der Waals surface area contributed by atoms with Gasteiger partial charge in [0, 0.05) is 21.7 Å². The van der Waals surface area contributed by atoms with Gasteiger partial charge in [0.1, 0.15) is 0 Å². The van der Waals surface area contributed by atoms with Crippen LogP contribution in [-0.4, -0.2) is 32.3 Å². The molecule has 0 saturated heterocycles. The topological polar surface area (TPSA) is 88.9 Å². The summed E-state index contributed by atoms with van der Waals surface area (Å²) in [5, 5.41) is 16.1. The molecule has 11 heteroatoms. The first-order valence-electron chi connectivity index (χ1n) is 11.9. The van der Waals surface area contributed by atoms with Crippen LogP contribution in [0.25, 0.3) is 0 Å². The molecule has 2 amide bonds. The van der Waals surface area contributed by atoms with E-state index in [1.54, 1.807) is 18.2 Å². The zero-order valence-electron chi connectivity index (χ0n) is 21.4. The Morgan fingerprint density at radius 3 is 2.49 bits per heavy atom. The maximum absolute atomic E-state index is 13.1. The number of carbonyl (C=O) groups is 2. The molecule has 37 heavy (non-hydrogen) atoms. The third kappa shape index (κ3) is 7.50. The smallest absolute Gasteiger partial charge is 0.253 e. The Morgan fingerprint density at radius 1 is 1.11 bits per heavy atom. The van der Waals surface area contributed by atoms with Gasteiger partial charge in [-0.3, -0.25) is 9.59 Å². The summed E-state index contributed by atoms with van der Waals surface area (Å²) in [6.07, 6.45) is 0.655. The molecule has 1 heterocycles. The fourth-order valence-electron chi connectivity index (χ4n) is 3.81. The van der Waals surface area contributed by atoms with Gasteiger partial charge >= 0.3 is 0 Å². The van der Waals surface area contributed by atoms with Crippen molar-refractivity contribution in [1.82, 2.24) is 20.1 Å². The number of hydrogen-bond acceptors (Lipinski definition) is 5. The highest BCUT2D eigenvalue weighted by Crippen LogP contribution is 2.28. The predicted octanol–water partition coefficient (Wildman–Crippen LogP) is 7.23. The fourth-order valence-corrected chi connectivity index (χ4v) is 5.54. The van der Waals surface area contributed by atoms with Crippen LogP contribution in [0.15, 0.2) is 40.0 Å². The van der Waals surface area contributed by atoms with E-state index in [0.717, 1.165) is 21.3 Å². The first-order valence-corrected chi connectivity index (χ1v) is 14.4. The summed E-state index contributed by atoms with van der Waals surface area (Å²) in [5.41, 5.74) is 3.22. The summed E-state index contributed by atoms with van der Waals surface area (Å²) in [7, 11) is 0. The van der Waals surface area contributed by atoms with Gasteiger partial charge in [-0.1, -0.05) is 64.7 Å².